The summed E-state index contributed by atoms with van der Waals surface area (Å²) in [6, 6.07) is 10.3. The molecule has 0 unspecified atom stereocenters. The molecule has 3 nitrogen and oxygen atoms in total. The molecule has 0 heterocycles. The van der Waals surface area contributed by atoms with Gasteiger partial charge in [-0.2, -0.15) is 0 Å². The molecule has 0 bridgehead atoms. The van der Waals surface area contributed by atoms with Gasteiger partial charge in [-0.15, -0.1) is 0 Å². The van der Waals surface area contributed by atoms with E-state index < -0.39 is 0 Å². The Hall–Kier alpha value is -0.830. The molecular weight excluding hydrogens is 526 g/mol. The first-order valence-electron chi connectivity index (χ1n) is 7.89. The number of ether oxygens (including phenoxy) is 1. The van der Waals surface area contributed by atoms with Crippen molar-refractivity contribution in [2.24, 2.45) is 4.99 Å². The van der Waals surface area contributed by atoms with Gasteiger partial charge in [-0.25, -0.2) is 4.99 Å². The van der Waals surface area contributed by atoms with E-state index in [2.05, 4.69) is 100 Å². The average Bonchev–Trinajstić information content (AvgIpc) is 2.53. The molecule has 0 saturated heterocycles. The summed E-state index contributed by atoms with van der Waals surface area (Å²) in [5.41, 5.74) is 3.18. The molecule has 0 atom stereocenters. The number of aryl methyl sites for hydroxylation is 2. The highest BCUT2D eigenvalue weighted by molar-refractivity contribution is 14.1. The Morgan fingerprint density at radius 2 is 1.83 bits per heavy atom. The molecule has 0 N–H and O–H groups in total. The minimum absolute atomic E-state index is 0.862. The van der Waals surface area contributed by atoms with Crippen LogP contribution in [-0.2, 0) is 0 Å². The molecule has 0 aliphatic rings. The molecule has 5 heteroatoms. The SMILES string of the molecule is CCCN(C)C=Nc1cc(C)c(Oc2ccc(I)c(I)c2)cc1C. The average molecular weight is 548 g/mol. The predicted molar refractivity (Wildman–Crippen MR) is 119 cm³/mol. The highest BCUT2D eigenvalue weighted by Gasteiger charge is 2.07. The van der Waals surface area contributed by atoms with E-state index >= 15 is 0 Å². The number of rotatable bonds is 6. The lowest BCUT2D eigenvalue weighted by atomic mass is 10.1. The highest BCUT2D eigenvalue weighted by atomic mass is 127. The second-order valence-electron chi connectivity index (χ2n) is 5.81. The molecular formula is C19H22I2N2O. The minimum Gasteiger partial charge on any atom is -0.457 e. The second-order valence-corrected chi connectivity index (χ2v) is 8.13. The van der Waals surface area contributed by atoms with E-state index in [1.165, 1.54) is 7.14 Å². The van der Waals surface area contributed by atoms with E-state index in [0.717, 1.165) is 41.3 Å². The van der Waals surface area contributed by atoms with Gasteiger partial charge in [0.15, 0.2) is 0 Å². The quantitative estimate of drug-likeness (QED) is 0.241. The Morgan fingerprint density at radius 3 is 2.50 bits per heavy atom. The largest absolute Gasteiger partial charge is 0.457 e. The van der Waals surface area contributed by atoms with Gasteiger partial charge in [0.2, 0.25) is 0 Å². The van der Waals surface area contributed by atoms with Crippen molar-refractivity contribution >= 4 is 57.2 Å². The third-order valence-corrected chi connectivity index (χ3v) is 6.45. The fourth-order valence-corrected chi connectivity index (χ4v) is 3.08. The summed E-state index contributed by atoms with van der Waals surface area (Å²) in [7, 11) is 2.05. The van der Waals surface area contributed by atoms with E-state index in [4.69, 9.17) is 4.74 Å². The van der Waals surface area contributed by atoms with Gasteiger partial charge in [0, 0.05) is 20.7 Å². The van der Waals surface area contributed by atoms with E-state index in [-0.39, 0.29) is 0 Å². The van der Waals surface area contributed by atoms with Gasteiger partial charge in [-0.1, -0.05) is 6.92 Å². The second kappa shape index (κ2) is 9.03. The monoisotopic (exact) mass is 548 g/mol. The first kappa shape index (κ1) is 19.5. The van der Waals surface area contributed by atoms with Crippen LogP contribution in [0.25, 0.3) is 0 Å². The molecule has 0 saturated carbocycles. The molecule has 0 spiro atoms. The zero-order valence-electron chi connectivity index (χ0n) is 14.4. The molecule has 0 aliphatic heterocycles. The third-order valence-electron chi connectivity index (χ3n) is 3.58. The van der Waals surface area contributed by atoms with Crippen molar-refractivity contribution in [1.29, 1.82) is 0 Å². The lowest BCUT2D eigenvalue weighted by Gasteiger charge is -2.13. The summed E-state index contributed by atoms with van der Waals surface area (Å²) in [5, 5.41) is 0. The Bertz CT molecular complexity index is 744. The molecule has 0 aromatic heterocycles. The summed E-state index contributed by atoms with van der Waals surface area (Å²) < 4.78 is 8.50. The number of halogens is 2. The lowest BCUT2D eigenvalue weighted by Crippen LogP contribution is -2.16. The molecule has 0 amide bonds. The first-order chi connectivity index (χ1) is 11.4. The topological polar surface area (TPSA) is 24.8 Å². The summed E-state index contributed by atoms with van der Waals surface area (Å²) in [5.74, 6) is 1.74. The van der Waals surface area contributed by atoms with Gasteiger partial charge in [0.1, 0.15) is 11.5 Å². The predicted octanol–water partition coefficient (Wildman–Crippen LogP) is 6.31. The summed E-state index contributed by atoms with van der Waals surface area (Å²) in [6.45, 7) is 7.30. The fourth-order valence-electron chi connectivity index (χ4n) is 2.26. The van der Waals surface area contributed by atoms with Crippen LogP contribution >= 0.6 is 45.2 Å². The number of hydrogen-bond donors (Lipinski definition) is 0. The third kappa shape index (κ3) is 5.34. The van der Waals surface area contributed by atoms with Crippen LogP contribution in [0, 0.1) is 21.0 Å². The van der Waals surface area contributed by atoms with Crippen molar-refractivity contribution in [2.45, 2.75) is 27.2 Å². The summed E-state index contributed by atoms with van der Waals surface area (Å²) in [4.78, 5) is 6.71. The van der Waals surface area contributed by atoms with E-state index in [9.17, 15) is 0 Å². The van der Waals surface area contributed by atoms with Gasteiger partial charge >= 0.3 is 0 Å². The van der Waals surface area contributed by atoms with Crippen molar-refractivity contribution in [3.63, 3.8) is 0 Å². The van der Waals surface area contributed by atoms with Crippen LogP contribution in [-0.4, -0.2) is 24.8 Å². The zero-order valence-corrected chi connectivity index (χ0v) is 18.8. The van der Waals surface area contributed by atoms with Gasteiger partial charge < -0.3 is 9.64 Å². The van der Waals surface area contributed by atoms with Crippen LogP contribution in [0.15, 0.2) is 35.3 Å². The maximum Gasteiger partial charge on any atom is 0.130 e. The van der Waals surface area contributed by atoms with Crippen LogP contribution in [0.2, 0.25) is 0 Å². The molecule has 0 radical (unpaired) electrons. The van der Waals surface area contributed by atoms with Gasteiger partial charge in [0.05, 0.1) is 12.0 Å². The summed E-state index contributed by atoms with van der Waals surface area (Å²) >= 11 is 4.65. The molecule has 128 valence electrons. The maximum atomic E-state index is 6.07. The van der Waals surface area contributed by atoms with Crippen molar-refractivity contribution in [1.82, 2.24) is 4.90 Å². The van der Waals surface area contributed by atoms with Crippen molar-refractivity contribution in [3.05, 3.63) is 48.6 Å². The highest BCUT2D eigenvalue weighted by Crippen LogP contribution is 2.32. The molecule has 0 aliphatic carbocycles. The smallest absolute Gasteiger partial charge is 0.130 e. The van der Waals surface area contributed by atoms with Crippen LogP contribution in [0.3, 0.4) is 0 Å². The summed E-state index contributed by atoms with van der Waals surface area (Å²) in [6.07, 6.45) is 3.01. The number of nitrogens with zero attached hydrogens (tertiary/aromatic N) is 2. The first-order valence-corrected chi connectivity index (χ1v) is 10.0. The number of aliphatic imine (C=N–C) groups is 1. The van der Waals surface area contributed by atoms with E-state index in [1.807, 2.05) is 19.5 Å². The molecule has 2 rings (SSSR count). The zero-order chi connectivity index (χ0) is 17.7. The van der Waals surface area contributed by atoms with Crippen LogP contribution < -0.4 is 4.74 Å². The van der Waals surface area contributed by atoms with Gasteiger partial charge in [-0.05, 0) is 107 Å². The molecule has 2 aromatic rings. The minimum atomic E-state index is 0.862. The van der Waals surface area contributed by atoms with Crippen molar-refractivity contribution in [3.8, 4) is 11.5 Å². The Balaban J connectivity index is 2.21. The number of benzene rings is 2. The number of hydrogen-bond acceptors (Lipinski definition) is 2. The van der Waals surface area contributed by atoms with Gasteiger partial charge in [0.25, 0.3) is 0 Å². The van der Waals surface area contributed by atoms with Crippen LogP contribution in [0.4, 0.5) is 5.69 Å². The Morgan fingerprint density at radius 1 is 1.08 bits per heavy atom. The van der Waals surface area contributed by atoms with E-state index in [0.29, 0.717) is 0 Å². The Kier molecular flexibility index (Phi) is 7.34. The Labute approximate surface area is 171 Å². The molecule has 24 heavy (non-hydrogen) atoms. The molecule has 0 fully saturated rings. The van der Waals surface area contributed by atoms with Crippen molar-refractivity contribution in [2.75, 3.05) is 13.6 Å². The van der Waals surface area contributed by atoms with Crippen LogP contribution in [0.5, 0.6) is 11.5 Å². The van der Waals surface area contributed by atoms with E-state index in [1.54, 1.807) is 0 Å². The van der Waals surface area contributed by atoms with Crippen molar-refractivity contribution < 1.29 is 4.74 Å². The van der Waals surface area contributed by atoms with Gasteiger partial charge in [-0.3, -0.25) is 0 Å². The fraction of sp³-hybridized carbons (Fsp3) is 0.316. The maximum absolute atomic E-state index is 6.07. The lowest BCUT2D eigenvalue weighted by molar-refractivity contribution is 0.478. The standard InChI is InChI=1S/C19H22I2N2O/c1-5-8-23(4)12-22-18-9-14(3)19(10-13(18)2)24-15-6-7-16(20)17(21)11-15/h6-7,9-12H,5,8H2,1-4H3. The van der Waals surface area contributed by atoms with Crippen LogP contribution in [0.1, 0.15) is 24.5 Å². The normalized spacial score (nSPS) is 11.1. The molecule has 2 aromatic carbocycles.